The van der Waals surface area contributed by atoms with Gasteiger partial charge in [-0.25, -0.2) is 14.6 Å². The van der Waals surface area contributed by atoms with Gasteiger partial charge in [0, 0.05) is 37.0 Å². The topological polar surface area (TPSA) is 96.2 Å². The van der Waals surface area contributed by atoms with E-state index in [1.54, 1.807) is 12.4 Å². The first-order valence-corrected chi connectivity index (χ1v) is 10.7. The van der Waals surface area contributed by atoms with Gasteiger partial charge in [0.1, 0.15) is 18.0 Å². The molecule has 8 nitrogen and oxygen atoms in total. The molecule has 2 aliphatic rings. The zero-order valence-electron chi connectivity index (χ0n) is 17.0. The van der Waals surface area contributed by atoms with Crippen molar-refractivity contribution in [3.8, 4) is 0 Å². The second kappa shape index (κ2) is 8.90. The average molecular weight is 399 g/mol. The highest BCUT2D eigenvalue weighted by atomic mass is 16.3. The zero-order valence-corrected chi connectivity index (χ0v) is 17.0. The number of piperidine rings is 1. The number of hydrogen-bond acceptors (Lipinski definition) is 7. The number of aryl methyl sites for hydroxylation is 1. The Balaban J connectivity index is 1.53. The molecule has 0 amide bonds. The molecule has 1 aliphatic carbocycles. The van der Waals surface area contributed by atoms with E-state index in [0.29, 0.717) is 0 Å². The van der Waals surface area contributed by atoms with Crippen molar-refractivity contribution < 1.29 is 5.11 Å². The predicted molar refractivity (Wildman–Crippen MR) is 112 cm³/mol. The summed E-state index contributed by atoms with van der Waals surface area (Å²) in [5, 5.41) is 18.5. The summed E-state index contributed by atoms with van der Waals surface area (Å²) in [4.78, 5) is 23.2. The third kappa shape index (κ3) is 4.58. The van der Waals surface area contributed by atoms with Crippen LogP contribution < -0.4 is 15.8 Å². The lowest BCUT2D eigenvalue weighted by Gasteiger charge is -2.37. The van der Waals surface area contributed by atoms with Gasteiger partial charge < -0.3 is 15.3 Å². The molecule has 2 aromatic rings. The van der Waals surface area contributed by atoms with E-state index in [2.05, 4.69) is 20.2 Å². The zero-order chi connectivity index (χ0) is 20.2. The summed E-state index contributed by atoms with van der Waals surface area (Å²) in [6.07, 6.45) is 7.98. The van der Waals surface area contributed by atoms with Crippen LogP contribution in [0, 0.1) is 6.92 Å². The van der Waals surface area contributed by atoms with Crippen molar-refractivity contribution in [1.82, 2.24) is 19.7 Å². The fourth-order valence-corrected chi connectivity index (χ4v) is 4.47. The number of anilines is 2. The number of aliphatic hydroxyl groups is 1. The second-order valence-electron chi connectivity index (χ2n) is 8.16. The van der Waals surface area contributed by atoms with Crippen molar-refractivity contribution in [3.63, 3.8) is 0 Å². The molecule has 0 bridgehead atoms. The summed E-state index contributed by atoms with van der Waals surface area (Å²) in [7, 11) is 0. The number of aromatic nitrogens is 4. The first-order chi connectivity index (χ1) is 14.1. The Morgan fingerprint density at radius 2 is 1.97 bits per heavy atom. The van der Waals surface area contributed by atoms with Crippen molar-refractivity contribution in [2.75, 3.05) is 23.3 Å². The fraction of sp³-hybridized carbons (Fsp3) is 0.619. The van der Waals surface area contributed by atoms with E-state index in [1.165, 1.54) is 11.1 Å². The molecule has 1 aliphatic heterocycles. The molecular formula is C21H30N6O2. The molecular weight excluding hydrogens is 368 g/mol. The van der Waals surface area contributed by atoms with Gasteiger partial charge in [-0.1, -0.05) is 12.8 Å². The van der Waals surface area contributed by atoms with Gasteiger partial charge in [0.25, 0.3) is 5.56 Å². The standard InChI is InChI=1S/C21H30N6O2/c1-15-12-19(24-14-23-15)22-13-16-6-4-5-11-26(16)20-9-10-21(29)27(25-20)17-7-2-3-8-18(17)28/h9-10,12,14,16-18,28H,2-8,11,13H2,1H3,(H,22,23,24). The van der Waals surface area contributed by atoms with E-state index in [9.17, 15) is 9.90 Å². The van der Waals surface area contributed by atoms with Crippen molar-refractivity contribution >= 4 is 11.6 Å². The predicted octanol–water partition coefficient (Wildman–Crippen LogP) is 2.29. The van der Waals surface area contributed by atoms with Crippen molar-refractivity contribution in [3.05, 3.63) is 40.6 Å². The molecule has 156 valence electrons. The molecule has 3 unspecified atom stereocenters. The molecule has 1 saturated heterocycles. The summed E-state index contributed by atoms with van der Waals surface area (Å²) in [6, 6.07) is 5.41. The highest BCUT2D eigenvalue weighted by molar-refractivity contribution is 5.41. The number of aliphatic hydroxyl groups excluding tert-OH is 1. The second-order valence-corrected chi connectivity index (χ2v) is 8.16. The average Bonchev–Trinajstić information content (AvgIpc) is 2.74. The molecule has 0 spiro atoms. The molecule has 8 heteroatoms. The Bertz CT molecular complexity index is 885. The third-order valence-corrected chi connectivity index (χ3v) is 6.06. The van der Waals surface area contributed by atoms with Gasteiger partial charge in [0.2, 0.25) is 0 Å². The first-order valence-electron chi connectivity index (χ1n) is 10.7. The monoisotopic (exact) mass is 398 g/mol. The highest BCUT2D eigenvalue weighted by Crippen LogP contribution is 2.28. The van der Waals surface area contributed by atoms with Crippen LogP contribution in [-0.2, 0) is 0 Å². The normalized spacial score (nSPS) is 25.0. The number of hydrogen-bond donors (Lipinski definition) is 2. The first kappa shape index (κ1) is 19.8. The van der Waals surface area contributed by atoms with Crippen LogP contribution in [0.25, 0.3) is 0 Å². The minimum atomic E-state index is -0.496. The van der Waals surface area contributed by atoms with Crippen LogP contribution in [0.5, 0.6) is 0 Å². The van der Waals surface area contributed by atoms with Gasteiger partial charge in [-0.05, 0) is 45.1 Å². The molecule has 2 N–H and O–H groups in total. The van der Waals surface area contributed by atoms with E-state index in [4.69, 9.17) is 5.10 Å². The Morgan fingerprint density at radius 1 is 1.14 bits per heavy atom. The molecule has 2 fully saturated rings. The van der Waals surface area contributed by atoms with Gasteiger partial charge in [-0.3, -0.25) is 4.79 Å². The molecule has 0 radical (unpaired) electrons. The quantitative estimate of drug-likeness (QED) is 0.798. The van der Waals surface area contributed by atoms with Gasteiger partial charge in [-0.15, -0.1) is 0 Å². The molecule has 2 aromatic heterocycles. The lowest BCUT2D eigenvalue weighted by molar-refractivity contribution is 0.0669. The lowest BCUT2D eigenvalue weighted by atomic mass is 9.93. The maximum absolute atomic E-state index is 12.5. The van der Waals surface area contributed by atoms with Gasteiger partial charge >= 0.3 is 0 Å². The van der Waals surface area contributed by atoms with Crippen molar-refractivity contribution in [2.45, 2.75) is 70.1 Å². The van der Waals surface area contributed by atoms with Crippen LogP contribution in [0.3, 0.4) is 0 Å². The van der Waals surface area contributed by atoms with Crippen LogP contribution >= 0.6 is 0 Å². The van der Waals surface area contributed by atoms with E-state index in [1.807, 2.05) is 19.1 Å². The van der Waals surface area contributed by atoms with Crippen LogP contribution in [0.2, 0.25) is 0 Å². The van der Waals surface area contributed by atoms with Crippen LogP contribution in [0.15, 0.2) is 29.3 Å². The maximum atomic E-state index is 12.5. The maximum Gasteiger partial charge on any atom is 0.267 e. The van der Waals surface area contributed by atoms with Gasteiger partial charge in [0.15, 0.2) is 0 Å². The van der Waals surface area contributed by atoms with E-state index >= 15 is 0 Å². The molecule has 29 heavy (non-hydrogen) atoms. The van der Waals surface area contributed by atoms with Crippen molar-refractivity contribution in [1.29, 1.82) is 0 Å². The molecule has 1 saturated carbocycles. The van der Waals surface area contributed by atoms with Crippen molar-refractivity contribution in [2.24, 2.45) is 0 Å². The SMILES string of the molecule is Cc1cc(NCC2CCCCN2c2ccc(=O)n(C3CCCCC3O)n2)ncn1. The minimum absolute atomic E-state index is 0.136. The van der Waals surface area contributed by atoms with Crippen LogP contribution in [0.4, 0.5) is 11.6 Å². The van der Waals surface area contributed by atoms with Crippen LogP contribution in [0.1, 0.15) is 56.7 Å². The fourth-order valence-electron chi connectivity index (χ4n) is 4.47. The smallest absolute Gasteiger partial charge is 0.267 e. The van der Waals surface area contributed by atoms with E-state index in [0.717, 1.165) is 68.9 Å². The Hall–Kier alpha value is -2.48. The highest BCUT2D eigenvalue weighted by Gasteiger charge is 2.28. The van der Waals surface area contributed by atoms with Gasteiger partial charge in [0.05, 0.1) is 12.1 Å². The molecule has 3 atom stereocenters. The Morgan fingerprint density at radius 3 is 2.79 bits per heavy atom. The summed E-state index contributed by atoms with van der Waals surface area (Å²) in [5.41, 5.74) is 0.797. The largest absolute Gasteiger partial charge is 0.391 e. The Kier molecular flexibility index (Phi) is 6.08. The van der Waals surface area contributed by atoms with Gasteiger partial charge in [-0.2, -0.15) is 5.10 Å². The third-order valence-electron chi connectivity index (χ3n) is 6.06. The minimum Gasteiger partial charge on any atom is -0.391 e. The van der Waals surface area contributed by atoms with Crippen LogP contribution in [-0.4, -0.2) is 50.1 Å². The number of rotatable bonds is 5. The lowest BCUT2D eigenvalue weighted by Crippen LogP contribution is -2.45. The Labute approximate surface area is 171 Å². The molecule has 3 heterocycles. The summed E-state index contributed by atoms with van der Waals surface area (Å²) in [5.74, 6) is 1.64. The van der Waals surface area contributed by atoms with E-state index < -0.39 is 6.10 Å². The molecule has 4 rings (SSSR count). The van der Waals surface area contributed by atoms with E-state index in [-0.39, 0.29) is 17.6 Å². The number of nitrogens with one attached hydrogen (secondary N) is 1. The summed E-state index contributed by atoms with van der Waals surface area (Å²) < 4.78 is 1.52. The summed E-state index contributed by atoms with van der Waals surface area (Å²) >= 11 is 0. The summed E-state index contributed by atoms with van der Waals surface area (Å²) in [6.45, 7) is 3.61. The number of nitrogens with zero attached hydrogens (tertiary/aromatic N) is 5. The molecule has 0 aromatic carbocycles.